The van der Waals surface area contributed by atoms with E-state index in [0.29, 0.717) is 25.6 Å². The predicted molar refractivity (Wildman–Crippen MR) is 119 cm³/mol. The first-order chi connectivity index (χ1) is 15.0. The van der Waals surface area contributed by atoms with Gasteiger partial charge in [0.1, 0.15) is 11.8 Å². The lowest BCUT2D eigenvalue weighted by atomic mass is 10.0. The Balaban J connectivity index is 1.42. The van der Waals surface area contributed by atoms with Crippen LogP contribution in [0.1, 0.15) is 19.4 Å². The maximum atomic E-state index is 13.0. The third kappa shape index (κ3) is 4.19. The standard InChI is InChI=1S/C23H27N5O3/c1-15(2)20(21(29)24-14-16-8-10-17(31-3)11-9-16)26-23(30)28-13-12-27-19-7-5-4-6-18(19)25-22(27)28/h4-11,15,20H,12-14H2,1-3H3,(H,24,29)(H,26,30)/t20-/m0/s1. The van der Waals surface area contributed by atoms with E-state index in [1.54, 1.807) is 12.0 Å². The van der Waals surface area contributed by atoms with E-state index >= 15 is 0 Å². The molecule has 8 nitrogen and oxygen atoms in total. The average molecular weight is 422 g/mol. The fourth-order valence-corrected chi connectivity index (χ4v) is 3.77. The van der Waals surface area contributed by atoms with Crippen LogP contribution in [0.15, 0.2) is 48.5 Å². The minimum absolute atomic E-state index is 0.0683. The van der Waals surface area contributed by atoms with E-state index in [9.17, 15) is 9.59 Å². The van der Waals surface area contributed by atoms with Gasteiger partial charge in [-0.05, 0) is 35.7 Å². The fourth-order valence-electron chi connectivity index (χ4n) is 3.77. The van der Waals surface area contributed by atoms with E-state index in [-0.39, 0.29) is 17.9 Å². The zero-order valence-corrected chi connectivity index (χ0v) is 18.0. The molecule has 162 valence electrons. The van der Waals surface area contributed by atoms with Crippen molar-refractivity contribution in [2.24, 2.45) is 5.92 Å². The zero-order valence-electron chi connectivity index (χ0n) is 18.0. The maximum Gasteiger partial charge on any atom is 0.324 e. The number of amides is 3. The number of rotatable bonds is 6. The first-order valence-electron chi connectivity index (χ1n) is 10.4. The number of imidazole rings is 1. The Bertz CT molecular complexity index is 1090. The molecule has 1 atom stereocenters. The van der Waals surface area contributed by atoms with Gasteiger partial charge in [-0.25, -0.2) is 9.78 Å². The van der Waals surface area contributed by atoms with Gasteiger partial charge in [-0.15, -0.1) is 0 Å². The lowest BCUT2D eigenvalue weighted by molar-refractivity contribution is -0.124. The summed E-state index contributed by atoms with van der Waals surface area (Å²) in [5.41, 5.74) is 2.81. The van der Waals surface area contributed by atoms with Crippen molar-refractivity contribution >= 4 is 28.9 Å². The Morgan fingerprint density at radius 1 is 1.10 bits per heavy atom. The third-order valence-corrected chi connectivity index (χ3v) is 5.52. The molecule has 0 saturated carbocycles. The van der Waals surface area contributed by atoms with Crippen molar-refractivity contribution in [2.75, 3.05) is 18.6 Å². The molecule has 1 aromatic heterocycles. The summed E-state index contributed by atoms with van der Waals surface area (Å²) < 4.78 is 7.19. The van der Waals surface area contributed by atoms with Crippen LogP contribution in [0, 0.1) is 5.92 Å². The molecule has 0 fully saturated rings. The summed E-state index contributed by atoms with van der Waals surface area (Å²) in [6, 6.07) is 14.4. The topological polar surface area (TPSA) is 88.5 Å². The minimum Gasteiger partial charge on any atom is -0.497 e. The van der Waals surface area contributed by atoms with E-state index < -0.39 is 6.04 Å². The van der Waals surface area contributed by atoms with Gasteiger partial charge in [-0.3, -0.25) is 9.69 Å². The number of urea groups is 1. The highest BCUT2D eigenvalue weighted by Gasteiger charge is 2.32. The largest absolute Gasteiger partial charge is 0.497 e. The SMILES string of the molecule is COc1ccc(CNC(=O)[C@@H](NC(=O)N2CCn3c2nc2ccccc23)C(C)C)cc1. The molecule has 2 N–H and O–H groups in total. The summed E-state index contributed by atoms with van der Waals surface area (Å²) in [7, 11) is 1.61. The molecule has 0 spiro atoms. The maximum absolute atomic E-state index is 13.0. The van der Waals surface area contributed by atoms with Crippen molar-refractivity contribution in [3.05, 3.63) is 54.1 Å². The van der Waals surface area contributed by atoms with Gasteiger partial charge in [-0.2, -0.15) is 0 Å². The first-order valence-corrected chi connectivity index (χ1v) is 10.4. The van der Waals surface area contributed by atoms with Crippen LogP contribution in [0.3, 0.4) is 0 Å². The summed E-state index contributed by atoms with van der Waals surface area (Å²) >= 11 is 0. The van der Waals surface area contributed by atoms with E-state index in [1.807, 2.05) is 66.9 Å². The molecule has 31 heavy (non-hydrogen) atoms. The second kappa shape index (κ2) is 8.67. The Hall–Kier alpha value is -3.55. The Morgan fingerprint density at radius 3 is 2.55 bits per heavy atom. The van der Waals surface area contributed by atoms with Crippen molar-refractivity contribution in [3.8, 4) is 5.75 Å². The van der Waals surface area contributed by atoms with Crippen molar-refractivity contribution < 1.29 is 14.3 Å². The molecule has 3 aromatic rings. The molecular weight excluding hydrogens is 394 g/mol. The lowest BCUT2D eigenvalue weighted by Crippen LogP contribution is -2.53. The molecule has 8 heteroatoms. The smallest absolute Gasteiger partial charge is 0.324 e. The highest BCUT2D eigenvalue weighted by Crippen LogP contribution is 2.27. The molecule has 3 amide bonds. The van der Waals surface area contributed by atoms with Crippen molar-refractivity contribution in [2.45, 2.75) is 33.0 Å². The summed E-state index contributed by atoms with van der Waals surface area (Å²) in [5, 5.41) is 5.82. The first kappa shape index (κ1) is 20.7. The lowest BCUT2D eigenvalue weighted by Gasteiger charge is -2.24. The van der Waals surface area contributed by atoms with Gasteiger partial charge in [0, 0.05) is 19.6 Å². The van der Waals surface area contributed by atoms with Crippen LogP contribution >= 0.6 is 0 Å². The van der Waals surface area contributed by atoms with Crippen LogP contribution < -0.4 is 20.3 Å². The van der Waals surface area contributed by atoms with Gasteiger partial charge in [-0.1, -0.05) is 38.1 Å². The quantitative estimate of drug-likeness (QED) is 0.641. The summed E-state index contributed by atoms with van der Waals surface area (Å²) in [6.45, 7) is 5.41. The molecule has 2 aromatic carbocycles. The van der Waals surface area contributed by atoms with E-state index in [2.05, 4.69) is 15.6 Å². The number of para-hydroxylation sites is 2. The molecule has 1 aliphatic rings. The van der Waals surface area contributed by atoms with Gasteiger partial charge < -0.3 is 19.9 Å². The highest BCUT2D eigenvalue weighted by atomic mass is 16.5. The van der Waals surface area contributed by atoms with E-state index in [0.717, 1.165) is 22.3 Å². The number of hydrogen-bond acceptors (Lipinski definition) is 4. The van der Waals surface area contributed by atoms with Crippen LogP contribution in [0.5, 0.6) is 5.75 Å². The predicted octanol–water partition coefficient (Wildman–Crippen LogP) is 2.92. The van der Waals surface area contributed by atoms with Crippen LogP contribution in [0.4, 0.5) is 10.7 Å². The Kier molecular flexibility index (Phi) is 5.79. The highest BCUT2D eigenvalue weighted by molar-refractivity contribution is 5.96. The van der Waals surface area contributed by atoms with Gasteiger partial charge in [0.25, 0.3) is 0 Å². The molecule has 0 unspecified atom stereocenters. The monoisotopic (exact) mass is 421 g/mol. The minimum atomic E-state index is -0.649. The number of aromatic nitrogens is 2. The van der Waals surface area contributed by atoms with Gasteiger partial charge in [0.2, 0.25) is 11.9 Å². The van der Waals surface area contributed by atoms with Crippen LogP contribution in [-0.4, -0.2) is 41.2 Å². The number of ether oxygens (including phenoxy) is 1. The van der Waals surface area contributed by atoms with Crippen molar-refractivity contribution in [1.82, 2.24) is 20.2 Å². The number of carbonyl (C=O) groups excluding carboxylic acids is 2. The summed E-state index contributed by atoms with van der Waals surface area (Å²) in [5.74, 6) is 1.09. The van der Waals surface area contributed by atoms with E-state index in [4.69, 9.17) is 4.74 Å². The van der Waals surface area contributed by atoms with Crippen molar-refractivity contribution in [3.63, 3.8) is 0 Å². The number of carbonyl (C=O) groups is 2. The van der Waals surface area contributed by atoms with Crippen LogP contribution in [-0.2, 0) is 17.9 Å². The Morgan fingerprint density at radius 2 is 1.84 bits per heavy atom. The van der Waals surface area contributed by atoms with Crippen LogP contribution in [0.2, 0.25) is 0 Å². The molecule has 4 rings (SSSR count). The van der Waals surface area contributed by atoms with Crippen LogP contribution in [0.25, 0.3) is 11.0 Å². The second-order valence-corrected chi connectivity index (χ2v) is 7.94. The molecule has 0 bridgehead atoms. The molecule has 1 aliphatic heterocycles. The molecule has 0 radical (unpaired) electrons. The normalized spacial score (nSPS) is 13.9. The van der Waals surface area contributed by atoms with E-state index in [1.165, 1.54) is 0 Å². The third-order valence-electron chi connectivity index (χ3n) is 5.52. The fraction of sp³-hybridized carbons (Fsp3) is 0.348. The number of benzene rings is 2. The number of hydrogen-bond donors (Lipinski definition) is 2. The number of nitrogens with zero attached hydrogens (tertiary/aromatic N) is 3. The number of methoxy groups -OCH3 is 1. The molecule has 0 saturated heterocycles. The second-order valence-electron chi connectivity index (χ2n) is 7.94. The zero-order chi connectivity index (χ0) is 22.0. The summed E-state index contributed by atoms with van der Waals surface area (Å²) in [6.07, 6.45) is 0. The van der Waals surface area contributed by atoms with Gasteiger partial charge in [0.05, 0.1) is 18.1 Å². The molecule has 2 heterocycles. The number of nitrogens with one attached hydrogen (secondary N) is 2. The number of fused-ring (bicyclic) bond motifs is 3. The summed E-state index contributed by atoms with van der Waals surface area (Å²) in [4.78, 5) is 32.0. The van der Waals surface area contributed by atoms with Gasteiger partial charge >= 0.3 is 6.03 Å². The Labute approximate surface area is 181 Å². The van der Waals surface area contributed by atoms with Gasteiger partial charge in [0.15, 0.2) is 0 Å². The molecule has 0 aliphatic carbocycles. The number of anilines is 1. The average Bonchev–Trinajstić information content (AvgIpc) is 3.35. The molecular formula is C23H27N5O3. The van der Waals surface area contributed by atoms with Crippen molar-refractivity contribution in [1.29, 1.82) is 0 Å².